The summed E-state index contributed by atoms with van der Waals surface area (Å²) in [6.07, 6.45) is 0. The third-order valence-electron chi connectivity index (χ3n) is 2.19. The van der Waals surface area contributed by atoms with Gasteiger partial charge in [-0.25, -0.2) is 4.79 Å². The van der Waals surface area contributed by atoms with Crippen LogP contribution in [0, 0.1) is 11.3 Å². The second-order valence-electron chi connectivity index (χ2n) is 3.18. The van der Waals surface area contributed by atoms with Crippen molar-refractivity contribution in [2.45, 2.75) is 12.3 Å². The lowest BCUT2D eigenvalue weighted by Gasteiger charge is -2.10. The van der Waals surface area contributed by atoms with Gasteiger partial charge in [-0.05, 0) is 24.6 Å². The van der Waals surface area contributed by atoms with E-state index in [0.29, 0.717) is 16.6 Å². The van der Waals surface area contributed by atoms with Gasteiger partial charge in [0.1, 0.15) is 11.3 Å². The van der Waals surface area contributed by atoms with E-state index >= 15 is 0 Å². The summed E-state index contributed by atoms with van der Waals surface area (Å²) < 4.78 is 10.0. The summed E-state index contributed by atoms with van der Waals surface area (Å²) in [6.45, 7) is 2.01. The Bertz CT molecular complexity index is 466. The summed E-state index contributed by atoms with van der Waals surface area (Å²) in [6, 6.07) is 5.20. The average Bonchev–Trinajstić information content (AvgIpc) is 2.37. The zero-order valence-electron chi connectivity index (χ0n) is 9.62. The molecule has 0 aromatic heterocycles. The van der Waals surface area contributed by atoms with E-state index in [4.69, 9.17) is 14.7 Å². The first-order chi connectivity index (χ1) is 8.17. The summed E-state index contributed by atoms with van der Waals surface area (Å²) in [5.74, 6) is -0.0705. The fourth-order valence-corrected chi connectivity index (χ4v) is 1.84. The second-order valence-corrected chi connectivity index (χ2v) is 3.74. The van der Waals surface area contributed by atoms with Gasteiger partial charge in [0.2, 0.25) is 0 Å². The second kappa shape index (κ2) is 6.26. The molecule has 1 rings (SSSR count). The van der Waals surface area contributed by atoms with Crippen LogP contribution < -0.4 is 4.74 Å². The molecule has 0 spiro atoms. The normalized spacial score (nSPS) is 9.53. The number of halogens is 1. The molecule has 1 aromatic rings. The molecular formula is C12H12BrNO3. The summed E-state index contributed by atoms with van der Waals surface area (Å²) >= 11 is 3.28. The van der Waals surface area contributed by atoms with Crippen molar-refractivity contribution < 1.29 is 14.3 Å². The van der Waals surface area contributed by atoms with E-state index in [0.717, 1.165) is 5.56 Å². The number of nitriles is 1. The number of benzene rings is 1. The minimum Gasteiger partial charge on any atom is -0.496 e. The van der Waals surface area contributed by atoms with Crippen molar-refractivity contribution >= 4 is 21.9 Å². The molecule has 0 atom stereocenters. The molecule has 0 bridgehead atoms. The highest BCUT2D eigenvalue weighted by Crippen LogP contribution is 2.25. The molecule has 0 amide bonds. The molecule has 17 heavy (non-hydrogen) atoms. The summed E-state index contributed by atoms with van der Waals surface area (Å²) in [4.78, 5) is 11.7. The van der Waals surface area contributed by atoms with Crippen molar-refractivity contribution in [1.29, 1.82) is 5.26 Å². The fourth-order valence-electron chi connectivity index (χ4n) is 1.37. The SMILES string of the molecule is CCOC(=O)c1cc(C#N)c(CBr)cc1OC. The van der Waals surface area contributed by atoms with Gasteiger partial charge in [-0.2, -0.15) is 5.26 Å². The minimum atomic E-state index is -0.484. The molecule has 0 N–H and O–H groups in total. The van der Waals surface area contributed by atoms with Crippen molar-refractivity contribution in [1.82, 2.24) is 0 Å². The van der Waals surface area contributed by atoms with Gasteiger partial charge in [0.15, 0.2) is 0 Å². The quantitative estimate of drug-likeness (QED) is 0.633. The lowest BCUT2D eigenvalue weighted by molar-refractivity contribution is 0.0522. The van der Waals surface area contributed by atoms with E-state index < -0.39 is 5.97 Å². The molecule has 0 radical (unpaired) electrons. The van der Waals surface area contributed by atoms with Crippen LogP contribution in [0.1, 0.15) is 28.4 Å². The van der Waals surface area contributed by atoms with Gasteiger partial charge in [-0.15, -0.1) is 0 Å². The van der Waals surface area contributed by atoms with Crippen LogP contribution >= 0.6 is 15.9 Å². The van der Waals surface area contributed by atoms with Gasteiger partial charge in [-0.1, -0.05) is 15.9 Å². The van der Waals surface area contributed by atoms with Crippen LogP contribution in [0.5, 0.6) is 5.75 Å². The Morgan fingerprint density at radius 1 is 1.53 bits per heavy atom. The maximum absolute atomic E-state index is 11.7. The predicted molar refractivity (Wildman–Crippen MR) is 66.3 cm³/mol. The number of rotatable bonds is 4. The van der Waals surface area contributed by atoms with Gasteiger partial charge in [0.25, 0.3) is 0 Å². The van der Waals surface area contributed by atoms with E-state index in [2.05, 4.69) is 15.9 Å². The summed E-state index contributed by atoms with van der Waals surface area (Å²) in [7, 11) is 1.47. The first kappa shape index (κ1) is 13.5. The van der Waals surface area contributed by atoms with Crippen molar-refractivity contribution in [3.05, 3.63) is 28.8 Å². The highest BCUT2D eigenvalue weighted by atomic mass is 79.9. The highest BCUT2D eigenvalue weighted by Gasteiger charge is 2.16. The van der Waals surface area contributed by atoms with E-state index in [-0.39, 0.29) is 12.2 Å². The number of ether oxygens (including phenoxy) is 2. The van der Waals surface area contributed by atoms with Gasteiger partial charge < -0.3 is 9.47 Å². The van der Waals surface area contributed by atoms with Crippen LogP contribution in [-0.2, 0) is 10.1 Å². The lowest BCUT2D eigenvalue weighted by atomic mass is 10.0. The third-order valence-corrected chi connectivity index (χ3v) is 2.79. The molecule has 0 aliphatic heterocycles. The molecule has 5 heteroatoms. The van der Waals surface area contributed by atoms with Crippen molar-refractivity contribution in [2.24, 2.45) is 0 Å². The number of esters is 1. The summed E-state index contributed by atoms with van der Waals surface area (Å²) in [5, 5.41) is 9.51. The first-order valence-corrected chi connectivity index (χ1v) is 6.14. The zero-order valence-corrected chi connectivity index (χ0v) is 11.2. The highest BCUT2D eigenvalue weighted by molar-refractivity contribution is 9.08. The Balaban J connectivity index is 3.29. The van der Waals surface area contributed by atoms with Gasteiger partial charge >= 0.3 is 5.97 Å². The molecule has 4 nitrogen and oxygen atoms in total. The average molecular weight is 298 g/mol. The number of carbonyl (C=O) groups excluding carboxylic acids is 1. The number of hydrogen-bond donors (Lipinski definition) is 0. The molecule has 1 aromatic carbocycles. The number of hydrogen-bond acceptors (Lipinski definition) is 4. The van der Waals surface area contributed by atoms with Crippen molar-refractivity contribution in [2.75, 3.05) is 13.7 Å². The Hall–Kier alpha value is -1.54. The van der Waals surface area contributed by atoms with Crippen LogP contribution in [-0.4, -0.2) is 19.7 Å². The third kappa shape index (κ3) is 2.98. The van der Waals surface area contributed by atoms with Gasteiger partial charge in [0, 0.05) is 5.33 Å². The van der Waals surface area contributed by atoms with E-state index in [1.165, 1.54) is 13.2 Å². The topological polar surface area (TPSA) is 59.3 Å². The maximum Gasteiger partial charge on any atom is 0.341 e. The van der Waals surface area contributed by atoms with Crippen LogP contribution in [0.2, 0.25) is 0 Å². The Labute approximate surface area is 108 Å². The zero-order chi connectivity index (χ0) is 12.8. The predicted octanol–water partition coefficient (Wildman–Crippen LogP) is 2.64. The number of alkyl halides is 1. The molecule has 0 unspecified atom stereocenters. The maximum atomic E-state index is 11.7. The Morgan fingerprint density at radius 3 is 2.71 bits per heavy atom. The van der Waals surface area contributed by atoms with Crippen LogP contribution in [0.25, 0.3) is 0 Å². The van der Waals surface area contributed by atoms with Gasteiger partial charge in [0.05, 0.1) is 25.3 Å². The van der Waals surface area contributed by atoms with Crippen LogP contribution in [0.4, 0.5) is 0 Å². The fraction of sp³-hybridized carbons (Fsp3) is 0.333. The Morgan fingerprint density at radius 2 is 2.24 bits per heavy atom. The minimum absolute atomic E-state index is 0.274. The first-order valence-electron chi connectivity index (χ1n) is 5.02. The van der Waals surface area contributed by atoms with E-state index in [1.807, 2.05) is 6.07 Å². The molecule has 0 aliphatic carbocycles. The number of methoxy groups -OCH3 is 1. The Kier molecular flexibility index (Phi) is 4.98. The van der Waals surface area contributed by atoms with Crippen molar-refractivity contribution in [3.63, 3.8) is 0 Å². The molecule has 0 aliphatic rings. The molecular weight excluding hydrogens is 286 g/mol. The van der Waals surface area contributed by atoms with Crippen molar-refractivity contribution in [3.8, 4) is 11.8 Å². The monoisotopic (exact) mass is 297 g/mol. The largest absolute Gasteiger partial charge is 0.496 e. The molecule has 90 valence electrons. The molecule has 0 saturated carbocycles. The number of nitrogens with zero attached hydrogens (tertiary/aromatic N) is 1. The summed E-state index contributed by atoms with van der Waals surface area (Å²) in [5.41, 5.74) is 1.48. The molecule has 0 saturated heterocycles. The van der Waals surface area contributed by atoms with E-state index in [1.54, 1.807) is 13.0 Å². The van der Waals surface area contributed by atoms with E-state index in [9.17, 15) is 4.79 Å². The number of carbonyl (C=O) groups is 1. The lowest BCUT2D eigenvalue weighted by Crippen LogP contribution is -2.08. The smallest absolute Gasteiger partial charge is 0.341 e. The van der Waals surface area contributed by atoms with Crippen LogP contribution in [0.15, 0.2) is 12.1 Å². The molecule has 0 fully saturated rings. The van der Waals surface area contributed by atoms with Crippen LogP contribution in [0.3, 0.4) is 0 Å². The molecule has 0 heterocycles. The van der Waals surface area contributed by atoms with Gasteiger partial charge in [-0.3, -0.25) is 0 Å². The standard InChI is InChI=1S/C12H12BrNO3/c1-3-17-12(15)10-4-9(7-14)8(6-13)5-11(10)16-2/h4-5H,3,6H2,1-2H3.